The van der Waals surface area contributed by atoms with Crippen LogP contribution in [-0.4, -0.2) is 64.2 Å². The predicted molar refractivity (Wildman–Crippen MR) is 135 cm³/mol. The molecule has 1 aliphatic heterocycles. The first-order valence-electron chi connectivity index (χ1n) is 10.9. The minimum atomic E-state index is -0.652. The molecule has 0 aromatic carbocycles. The summed E-state index contributed by atoms with van der Waals surface area (Å²) in [5.41, 5.74) is 0.567. The van der Waals surface area contributed by atoms with Crippen LogP contribution in [0.4, 0.5) is 0 Å². The summed E-state index contributed by atoms with van der Waals surface area (Å²) in [6, 6.07) is 0. The summed E-state index contributed by atoms with van der Waals surface area (Å²) in [5.74, 6) is -2.09. The topological polar surface area (TPSA) is 130 Å². The highest BCUT2D eigenvalue weighted by atomic mass is 32.2. The zero-order chi connectivity index (χ0) is 27.1. The van der Waals surface area contributed by atoms with E-state index in [9.17, 15) is 28.8 Å². The zero-order valence-electron chi connectivity index (χ0n) is 20.9. The Balaban J connectivity index is 0.000000669. The average Bonchev–Trinajstić information content (AvgIpc) is 2.74. The van der Waals surface area contributed by atoms with Crippen LogP contribution in [0, 0.1) is 5.92 Å². The van der Waals surface area contributed by atoms with Gasteiger partial charge < -0.3 is 14.2 Å². The minimum Gasteiger partial charge on any atom is -0.462 e. The van der Waals surface area contributed by atoms with E-state index in [1.807, 2.05) is 0 Å². The van der Waals surface area contributed by atoms with Gasteiger partial charge >= 0.3 is 11.9 Å². The Morgan fingerprint density at radius 2 is 1.54 bits per heavy atom. The quantitative estimate of drug-likeness (QED) is 0.221. The van der Waals surface area contributed by atoms with Crippen LogP contribution in [-0.2, 0) is 43.0 Å². The molecule has 1 fully saturated rings. The number of thioether (sulfide) groups is 2. The van der Waals surface area contributed by atoms with Gasteiger partial charge in [0.1, 0.15) is 18.2 Å². The van der Waals surface area contributed by atoms with Gasteiger partial charge in [0.2, 0.25) is 6.29 Å². The van der Waals surface area contributed by atoms with Crippen LogP contribution in [0.25, 0.3) is 0 Å². The smallest absolute Gasteiger partial charge is 0.335 e. The minimum absolute atomic E-state index is 0.00636. The van der Waals surface area contributed by atoms with E-state index in [0.717, 1.165) is 24.6 Å². The van der Waals surface area contributed by atoms with E-state index >= 15 is 0 Å². The van der Waals surface area contributed by atoms with Gasteiger partial charge in [0.05, 0.1) is 24.2 Å². The van der Waals surface area contributed by atoms with Crippen molar-refractivity contribution in [1.29, 1.82) is 0 Å². The number of rotatable bonds is 11. The first-order chi connectivity index (χ1) is 16.2. The molecular weight excluding hydrogens is 496 g/mol. The molecule has 9 nitrogen and oxygen atoms in total. The van der Waals surface area contributed by atoms with E-state index < -0.39 is 24.1 Å². The molecule has 0 saturated carbocycles. The molecule has 3 unspecified atom stereocenters. The summed E-state index contributed by atoms with van der Waals surface area (Å²) in [6.45, 7) is 14.6. The molecule has 35 heavy (non-hydrogen) atoms. The van der Waals surface area contributed by atoms with Crippen LogP contribution in [0.2, 0.25) is 0 Å². The Kier molecular flexibility index (Phi) is 16.1. The number of hydrogen-bond acceptors (Lipinski definition) is 11. The molecule has 0 aromatic rings. The maximum Gasteiger partial charge on any atom is 0.335 e. The van der Waals surface area contributed by atoms with Gasteiger partial charge in [-0.1, -0.05) is 36.7 Å². The summed E-state index contributed by atoms with van der Waals surface area (Å²) >= 11 is 2.14. The second-order valence-corrected chi connectivity index (χ2v) is 10.6. The third-order valence-electron chi connectivity index (χ3n) is 4.24. The third kappa shape index (κ3) is 15.4. The van der Waals surface area contributed by atoms with Crippen molar-refractivity contribution in [1.82, 2.24) is 0 Å². The van der Waals surface area contributed by atoms with Gasteiger partial charge in [0.25, 0.3) is 0 Å². The van der Waals surface area contributed by atoms with E-state index in [-0.39, 0.29) is 51.4 Å². The van der Waals surface area contributed by atoms with E-state index in [4.69, 9.17) is 14.2 Å². The molecule has 1 rings (SSSR count). The molecule has 0 aliphatic carbocycles. The fourth-order valence-electron chi connectivity index (χ4n) is 2.51. The second kappa shape index (κ2) is 17.2. The van der Waals surface area contributed by atoms with Crippen molar-refractivity contribution in [3.63, 3.8) is 0 Å². The van der Waals surface area contributed by atoms with Gasteiger partial charge in [0, 0.05) is 30.7 Å². The summed E-state index contributed by atoms with van der Waals surface area (Å²) in [6.07, 6.45) is 0.852. The third-order valence-corrected chi connectivity index (χ3v) is 6.31. The highest BCUT2D eigenvalue weighted by Gasteiger charge is 2.31. The molecule has 0 N–H and O–H groups in total. The van der Waals surface area contributed by atoms with Crippen molar-refractivity contribution < 1.29 is 43.0 Å². The van der Waals surface area contributed by atoms with E-state index in [0.29, 0.717) is 12.2 Å². The highest BCUT2D eigenvalue weighted by molar-refractivity contribution is 8.14. The van der Waals surface area contributed by atoms with Crippen LogP contribution >= 0.6 is 23.5 Å². The maximum absolute atomic E-state index is 11.8. The van der Waals surface area contributed by atoms with Crippen LogP contribution < -0.4 is 0 Å². The van der Waals surface area contributed by atoms with Gasteiger partial charge in [-0.05, 0) is 33.6 Å². The number of carbonyl (C=O) groups is 6. The molecule has 1 saturated heterocycles. The average molecular weight is 531 g/mol. The zero-order valence-corrected chi connectivity index (χ0v) is 22.5. The first-order valence-corrected chi connectivity index (χ1v) is 12.7. The Morgan fingerprint density at radius 3 is 2.03 bits per heavy atom. The van der Waals surface area contributed by atoms with Gasteiger partial charge in [-0.2, -0.15) is 0 Å². The van der Waals surface area contributed by atoms with Crippen molar-refractivity contribution in [2.75, 3.05) is 19.0 Å². The molecule has 0 bridgehead atoms. The maximum atomic E-state index is 11.8. The Labute approximate surface area is 214 Å². The first kappa shape index (κ1) is 32.8. The number of ketones is 2. The molecule has 3 atom stereocenters. The number of Topliss-reactive ketones (excluding diaryl/α,β-unsaturated/α-hetero) is 2. The molecule has 196 valence electrons. The van der Waals surface area contributed by atoms with Crippen molar-refractivity contribution in [2.24, 2.45) is 5.92 Å². The molecule has 0 radical (unpaired) electrons. The van der Waals surface area contributed by atoms with Crippen LogP contribution in [0.3, 0.4) is 0 Å². The van der Waals surface area contributed by atoms with Gasteiger partial charge in [-0.25, -0.2) is 9.59 Å². The molecule has 11 heteroatoms. The number of hydrogen-bond donors (Lipinski definition) is 0. The monoisotopic (exact) mass is 530 g/mol. The lowest BCUT2D eigenvalue weighted by molar-refractivity contribution is -0.180. The SMILES string of the molecule is C=C(C)C(=O)OC1OCCCC1SC(C)=O.C=C(C)C(=O)OCC(CSC(C)=O)C(=O)CC(C)=O. The summed E-state index contributed by atoms with van der Waals surface area (Å²) in [4.78, 5) is 67.2. The fourth-order valence-corrected chi connectivity index (χ4v) is 4.19. The lowest BCUT2D eigenvalue weighted by atomic mass is 10.0. The van der Waals surface area contributed by atoms with Crippen molar-refractivity contribution >= 4 is 57.3 Å². The number of carbonyl (C=O) groups excluding carboxylic acids is 6. The Bertz CT molecular complexity index is 835. The second-order valence-electron chi connectivity index (χ2n) is 7.94. The molecule has 1 aliphatic rings. The summed E-state index contributed by atoms with van der Waals surface area (Å²) in [5, 5.41) is -0.228. The van der Waals surface area contributed by atoms with Crippen molar-refractivity contribution in [2.45, 2.75) is 65.4 Å². The summed E-state index contributed by atoms with van der Waals surface area (Å²) in [7, 11) is 0. The van der Waals surface area contributed by atoms with E-state index in [2.05, 4.69) is 13.2 Å². The van der Waals surface area contributed by atoms with E-state index in [1.165, 1.54) is 39.5 Å². The molecular formula is C24H34O9S2. The predicted octanol–water partition coefficient (Wildman–Crippen LogP) is 3.44. The molecule has 0 amide bonds. The van der Waals surface area contributed by atoms with Gasteiger partial charge in [-0.15, -0.1) is 0 Å². The molecule has 0 spiro atoms. The number of ether oxygens (including phenoxy) is 3. The van der Waals surface area contributed by atoms with E-state index in [1.54, 1.807) is 6.92 Å². The van der Waals surface area contributed by atoms with Crippen molar-refractivity contribution in [3.8, 4) is 0 Å². The molecule has 0 aromatic heterocycles. The normalized spacial score (nSPS) is 17.6. The van der Waals surface area contributed by atoms with Crippen molar-refractivity contribution in [3.05, 3.63) is 24.3 Å². The van der Waals surface area contributed by atoms with Crippen LogP contribution in [0.5, 0.6) is 0 Å². The summed E-state index contributed by atoms with van der Waals surface area (Å²) < 4.78 is 15.4. The Morgan fingerprint density at radius 1 is 0.943 bits per heavy atom. The Hall–Kier alpha value is -2.24. The van der Waals surface area contributed by atoms with Gasteiger partial charge in [0.15, 0.2) is 10.2 Å². The standard InChI is InChI=1S/C13H18O5S.C11H16O4S/c1-8(2)13(17)18-6-11(7-19-10(4)15)12(16)5-9(3)14;1-7(2)10(13)15-11-9(16-8(3)12)5-4-6-14-11/h11H,1,5-7H2,2-4H3;9,11H,1,4-6H2,2-3H3. The van der Waals surface area contributed by atoms with Crippen LogP contribution in [0.1, 0.15) is 53.9 Å². The molecule has 1 heterocycles. The van der Waals surface area contributed by atoms with Gasteiger partial charge in [-0.3, -0.25) is 19.2 Å². The number of esters is 2. The van der Waals surface area contributed by atoms with Crippen LogP contribution in [0.15, 0.2) is 24.3 Å². The highest BCUT2D eigenvalue weighted by Crippen LogP contribution is 2.27. The largest absolute Gasteiger partial charge is 0.462 e. The lowest BCUT2D eigenvalue weighted by Gasteiger charge is -2.29. The lowest BCUT2D eigenvalue weighted by Crippen LogP contribution is -2.36. The fraction of sp³-hybridized carbons (Fsp3) is 0.583.